The van der Waals surface area contributed by atoms with Crippen LogP contribution in [0.5, 0.6) is 5.75 Å². The van der Waals surface area contributed by atoms with Gasteiger partial charge in [0.05, 0.1) is 0 Å². The number of fused-ring (bicyclic) bond motifs is 2. The average molecular weight is 600 g/mol. The molecule has 4 aromatic carbocycles. The van der Waals surface area contributed by atoms with Crippen LogP contribution in [0.25, 0.3) is 11.1 Å². The van der Waals surface area contributed by atoms with Crippen molar-refractivity contribution in [2.75, 3.05) is 32.2 Å². The van der Waals surface area contributed by atoms with Gasteiger partial charge in [0.1, 0.15) is 12.4 Å². The number of ether oxygens (including phenoxy) is 3. The van der Waals surface area contributed by atoms with E-state index in [0.29, 0.717) is 12.5 Å². The maximum Gasteiger partial charge on any atom is 0.159 e. The molecule has 0 radical (unpaired) electrons. The van der Waals surface area contributed by atoms with Crippen LogP contribution in [0.3, 0.4) is 0 Å². The van der Waals surface area contributed by atoms with E-state index in [1.807, 2.05) is 6.07 Å². The van der Waals surface area contributed by atoms with Gasteiger partial charge < -0.3 is 19.1 Å². The number of nitrogens with zero attached hydrogens (tertiary/aromatic N) is 1. The highest BCUT2D eigenvalue weighted by Gasteiger charge is 2.27. The normalized spacial score (nSPS) is 16.9. The highest BCUT2D eigenvalue weighted by molar-refractivity contribution is 6.01. The van der Waals surface area contributed by atoms with Gasteiger partial charge >= 0.3 is 0 Å². The van der Waals surface area contributed by atoms with Crippen molar-refractivity contribution in [1.82, 2.24) is 0 Å². The van der Waals surface area contributed by atoms with Crippen LogP contribution in [-0.4, -0.2) is 33.6 Å². The van der Waals surface area contributed by atoms with Crippen LogP contribution in [0.2, 0.25) is 0 Å². The third kappa shape index (κ3) is 6.45. The monoisotopic (exact) mass is 599 g/mol. The Bertz CT molecular complexity index is 1630. The van der Waals surface area contributed by atoms with Crippen LogP contribution in [-0.2, 0) is 35.3 Å². The lowest BCUT2D eigenvalue weighted by Gasteiger charge is -2.36. The van der Waals surface area contributed by atoms with E-state index in [0.717, 1.165) is 44.5 Å². The number of methoxy groups -OCH3 is 2. The van der Waals surface area contributed by atoms with Gasteiger partial charge in [-0.3, -0.25) is 0 Å². The van der Waals surface area contributed by atoms with Crippen molar-refractivity contribution in [3.8, 4) is 5.75 Å². The van der Waals surface area contributed by atoms with Gasteiger partial charge in [0, 0.05) is 38.9 Å². The molecule has 0 unspecified atom stereocenters. The fourth-order valence-corrected chi connectivity index (χ4v) is 7.69. The first kappa shape index (κ1) is 29.8. The topological polar surface area (TPSA) is 30.9 Å². The van der Waals surface area contributed by atoms with Crippen LogP contribution >= 0.6 is 0 Å². The molecular weight excluding hydrogens is 554 g/mol. The zero-order chi connectivity index (χ0) is 30.6. The molecular formula is C41H45NO3. The van der Waals surface area contributed by atoms with E-state index in [2.05, 4.69) is 89.8 Å². The molecule has 0 aromatic heterocycles. The number of anilines is 1. The third-order valence-corrected chi connectivity index (χ3v) is 10.1. The summed E-state index contributed by atoms with van der Waals surface area (Å²) in [5.41, 5.74) is 13.8. The zero-order valence-corrected chi connectivity index (χ0v) is 26.8. The molecule has 1 aliphatic heterocycles. The molecule has 7 rings (SSSR count). The van der Waals surface area contributed by atoms with Crippen molar-refractivity contribution in [1.29, 1.82) is 0 Å². The second-order valence-corrected chi connectivity index (χ2v) is 12.8. The lowest BCUT2D eigenvalue weighted by molar-refractivity contribution is -0.141. The van der Waals surface area contributed by atoms with Gasteiger partial charge in [-0.1, -0.05) is 66.7 Å². The fourth-order valence-electron chi connectivity index (χ4n) is 7.69. The molecule has 4 aromatic rings. The highest BCUT2D eigenvalue weighted by Crippen LogP contribution is 2.43. The Morgan fingerprint density at radius 1 is 0.689 bits per heavy atom. The summed E-state index contributed by atoms with van der Waals surface area (Å²) in [5.74, 6) is 1.39. The van der Waals surface area contributed by atoms with Crippen LogP contribution < -0.4 is 9.64 Å². The summed E-state index contributed by atoms with van der Waals surface area (Å²) < 4.78 is 17.4. The van der Waals surface area contributed by atoms with Crippen molar-refractivity contribution in [2.45, 2.75) is 64.3 Å². The largest absolute Gasteiger partial charge is 0.489 e. The van der Waals surface area contributed by atoms with Crippen LogP contribution in [0.4, 0.5) is 5.69 Å². The Morgan fingerprint density at radius 3 is 2.18 bits per heavy atom. The molecule has 0 atom stereocenters. The molecule has 0 bridgehead atoms. The highest BCUT2D eigenvalue weighted by atomic mass is 16.7. The summed E-state index contributed by atoms with van der Waals surface area (Å²) in [6, 6.07) is 33.7. The lowest BCUT2D eigenvalue weighted by Crippen LogP contribution is -2.39. The van der Waals surface area contributed by atoms with Gasteiger partial charge in [-0.05, 0) is 126 Å². The Balaban J connectivity index is 1.19. The molecule has 1 fully saturated rings. The molecule has 0 saturated carbocycles. The summed E-state index contributed by atoms with van der Waals surface area (Å²) in [6.45, 7) is 2.62. The Morgan fingerprint density at radius 2 is 1.42 bits per heavy atom. The maximum absolute atomic E-state index is 6.25. The molecule has 0 N–H and O–H groups in total. The van der Waals surface area contributed by atoms with Crippen molar-refractivity contribution in [3.05, 3.63) is 130 Å². The van der Waals surface area contributed by atoms with Crippen LogP contribution in [0.1, 0.15) is 71.0 Å². The number of aryl methyl sites for hydroxylation is 3. The van der Waals surface area contributed by atoms with Crippen molar-refractivity contribution in [2.24, 2.45) is 5.92 Å². The number of hydrogen-bond acceptors (Lipinski definition) is 4. The van der Waals surface area contributed by atoms with Crippen LogP contribution in [0.15, 0.2) is 91.0 Å². The Kier molecular flexibility index (Phi) is 9.04. The van der Waals surface area contributed by atoms with Gasteiger partial charge in [-0.25, -0.2) is 0 Å². The zero-order valence-electron chi connectivity index (χ0n) is 26.8. The summed E-state index contributed by atoms with van der Waals surface area (Å²) in [4.78, 5) is 2.51. The number of benzene rings is 4. The van der Waals surface area contributed by atoms with Crippen LogP contribution in [0, 0.1) is 5.92 Å². The van der Waals surface area contributed by atoms with Gasteiger partial charge in [0.2, 0.25) is 0 Å². The molecule has 2 aliphatic carbocycles. The lowest BCUT2D eigenvalue weighted by atomic mass is 9.78. The third-order valence-electron chi connectivity index (χ3n) is 10.1. The van der Waals surface area contributed by atoms with Crippen molar-refractivity contribution in [3.63, 3.8) is 0 Å². The maximum atomic E-state index is 6.25. The molecule has 4 heteroatoms. The van der Waals surface area contributed by atoms with E-state index in [4.69, 9.17) is 14.2 Å². The first-order chi connectivity index (χ1) is 22.2. The van der Waals surface area contributed by atoms with Crippen molar-refractivity contribution >= 4 is 16.8 Å². The van der Waals surface area contributed by atoms with Crippen molar-refractivity contribution < 1.29 is 14.2 Å². The molecule has 45 heavy (non-hydrogen) atoms. The first-order valence-corrected chi connectivity index (χ1v) is 16.8. The van der Waals surface area contributed by atoms with E-state index in [-0.39, 0.29) is 6.29 Å². The first-order valence-electron chi connectivity index (χ1n) is 16.8. The molecule has 1 saturated heterocycles. The minimum absolute atomic E-state index is 0.112. The molecule has 232 valence electrons. The number of hydrogen-bond donors (Lipinski definition) is 0. The SMILES string of the molecule is COC(OC)C1CCN(c2ccc(C3=C(c4ccc5c(c4)CCCC5)CCc4cc(OCc5ccccc5)ccc43)cc2)CC1. The van der Waals surface area contributed by atoms with Gasteiger partial charge in [-0.2, -0.15) is 0 Å². The second-order valence-electron chi connectivity index (χ2n) is 12.8. The van der Waals surface area contributed by atoms with E-state index in [9.17, 15) is 0 Å². The number of piperidine rings is 1. The van der Waals surface area contributed by atoms with E-state index in [1.165, 1.54) is 70.3 Å². The molecule has 0 spiro atoms. The quantitative estimate of drug-likeness (QED) is 0.180. The predicted octanol–water partition coefficient (Wildman–Crippen LogP) is 8.89. The fraction of sp³-hybridized carbons (Fsp3) is 0.366. The predicted molar refractivity (Wildman–Crippen MR) is 184 cm³/mol. The smallest absolute Gasteiger partial charge is 0.159 e. The second kappa shape index (κ2) is 13.6. The Labute approximate surface area is 268 Å². The van der Waals surface area contributed by atoms with E-state index < -0.39 is 0 Å². The minimum atomic E-state index is -0.112. The summed E-state index contributed by atoms with van der Waals surface area (Å²) in [7, 11) is 3.49. The summed E-state index contributed by atoms with van der Waals surface area (Å²) in [6.07, 6.45) is 9.10. The minimum Gasteiger partial charge on any atom is -0.489 e. The Hall–Kier alpha value is -3.86. The van der Waals surface area contributed by atoms with E-state index in [1.54, 1.807) is 25.3 Å². The molecule has 0 amide bonds. The average Bonchev–Trinajstić information content (AvgIpc) is 3.11. The van der Waals surface area contributed by atoms with Gasteiger partial charge in [-0.15, -0.1) is 0 Å². The van der Waals surface area contributed by atoms with E-state index >= 15 is 0 Å². The molecule has 1 heterocycles. The summed E-state index contributed by atoms with van der Waals surface area (Å²) >= 11 is 0. The molecule has 4 nitrogen and oxygen atoms in total. The number of allylic oxidation sites excluding steroid dienone is 1. The summed E-state index contributed by atoms with van der Waals surface area (Å²) in [5, 5.41) is 0. The number of rotatable bonds is 9. The van der Waals surface area contributed by atoms with Gasteiger partial charge in [0.15, 0.2) is 6.29 Å². The van der Waals surface area contributed by atoms with Gasteiger partial charge in [0.25, 0.3) is 0 Å². The standard InChI is InChI=1S/C41H45NO3/c1-43-41(44-2)32-22-24-42(25-23-32)36-17-14-31(15-18-36)40-38(34-13-12-30-10-6-7-11-33(30)26-34)20-16-35-27-37(19-21-39(35)40)45-28-29-8-4-3-5-9-29/h3-5,8-9,12-15,17-19,21,26-27,32,41H,6-7,10-11,16,20,22-25,28H2,1-2H3. The molecule has 3 aliphatic rings.